The molecule has 0 aliphatic rings. The molecule has 1 aromatic heterocycles. The van der Waals surface area contributed by atoms with Gasteiger partial charge in [0.1, 0.15) is 0 Å². The van der Waals surface area contributed by atoms with E-state index >= 15 is 0 Å². The van der Waals surface area contributed by atoms with Gasteiger partial charge in [-0.3, -0.25) is 4.79 Å². The van der Waals surface area contributed by atoms with Crippen LogP contribution < -0.4 is 0 Å². The zero-order valence-electron chi connectivity index (χ0n) is 9.18. The van der Waals surface area contributed by atoms with Crippen molar-refractivity contribution >= 4 is 29.2 Å². The second kappa shape index (κ2) is 5.37. The highest BCUT2D eigenvalue weighted by atomic mass is 35.5. The summed E-state index contributed by atoms with van der Waals surface area (Å²) >= 11 is 11.7. The molecule has 2 aromatic rings. The molecule has 0 aliphatic carbocycles. The fraction of sp³-hybridized carbons (Fsp3) is 0.182. The SMILES string of the molecule is O=C(O)Cc1cnnn1Cc1ccc(Cl)c(Cl)c1. The molecular weight excluding hydrogens is 277 g/mol. The Labute approximate surface area is 113 Å². The van der Waals surface area contributed by atoms with Gasteiger partial charge < -0.3 is 5.11 Å². The normalized spacial score (nSPS) is 10.6. The number of halogens is 2. The lowest BCUT2D eigenvalue weighted by atomic mass is 10.2. The Hall–Kier alpha value is -1.59. The molecule has 1 heterocycles. The number of hydrogen-bond acceptors (Lipinski definition) is 3. The molecule has 0 spiro atoms. The third-order valence-electron chi connectivity index (χ3n) is 2.35. The van der Waals surface area contributed by atoms with Crippen molar-refractivity contribution in [1.29, 1.82) is 0 Å². The molecule has 0 saturated carbocycles. The van der Waals surface area contributed by atoms with Crippen molar-refractivity contribution in [3.05, 3.63) is 45.7 Å². The lowest BCUT2D eigenvalue weighted by molar-refractivity contribution is -0.136. The van der Waals surface area contributed by atoms with Gasteiger partial charge in [-0.25, -0.2) is 4.68 Å². The molecule has 0 amide bonds. The predicted octanol–water partition coefficient (Wildman–Crippen LogP) is 2.26. The van der Waals surface area contributed by atoms with E-state index in [0.717, 1.165) is 5.56 Å². The van der Waals surface area contributed by atoms with Crippen molar-refractivity contribution in [1.82, 2.24) is 15.0 Å². The third-order valence-corrected chi connectivity index (χ3v) is 3.09. The van der Waals surface area contributed by atoms with Crippen LogP contribution >= 0.6 is 23.2 Å². The quantitative estimate of drug-likeness (QED) is 0.936. The molecule has 1 N–H and O–H groups in total. The van der Waals surface area contributed by atoms with E-state index in [-0.39, 0.29) is 6.42 Å². The van der Waals surface area contributed by atoms with Crippen LogP contribution in [-0.4, -0.2) is 26.1 Å². The number of carbonyl (C=O) groups is 1. The van der Waals surface area contributed by atoms with E-state index < -0.39 is 5.97 Å². The first kappa shape index (κ1) is 12.9. The van der Waals surface area contributed by atoms with E-state index in [9.17, 15) is 4.79 Å². The first-order valence-electron chi connectivity index (χ1n) is 5.09. The largest absolute Gasteiger partial charge is 0.481 e. The number of carboxylic acids is 1. The van der Waals surface area contributed by atoms with Gasteiger partial charge in [-0.2, -0.15) is 0 Å². The van der Waals surface area contributed by atoms with Crippen LogP contribution in [0.5, 0.6) is 0 Å². The Morgan fingerprint density at radius 1 is 1.33 bits per heavy atom. The molecule has 0 unspecified atom stereocenters. The van der Waals surface area contributed by atoms with E-state index in [0.29, 0.717) is 22.3 Å². The van der Waals surface area contributed by atoms with Crippen LogP contribution in [-0.2, 0) is 17.8 Å². The monoisotopic (exact) mass is 285 g/mol. The van der Waals surface area contributed by atoms with E-state index in [1.54, 1.807) is 18.2 Å². The van der Waals surface area contributed by atoms with E-state index in [1.807, 2.05) is 0 Å². The summed E-state index contributed by atoms with van der Waals surface area (Å²) in [6.07, 6.45) is 1.32. The standard InChI is InChI=1S/C11H9Cl2N3O2/c12-9-2-1-7(3-10(9)13)6-16-8(4-11(17)18)5-14-15-16/h1-3,5H,4,6H2,(H,17,18). The molecule has 0 fully saturated rings. The number of rotatable bonds is 4. The van der Waals surface area contributed by atoms with Gasteiger partial charge in [0.25, 0.3) is 0 Å². The number of aromatic nitrogens is 3. The summed E-state index contributed by atoms with van der Waals surface area (Å²) in [5.41, 5.74) is 1.41. The molecular formula is C11H9Cl2N3O2. The zero-order valence-corrected chi connectivity index (χ0v) is 10.7. The second-order valence-electron chi connectivity index (χ2n) is 3.70. The molecule has 0 bridgehead atoms. The van der Waals surface area contributed by atoms with Crippen LogP contribution in [0.1, 0.15) is 11.3 Å². The van der Waals surface area contributed by atoms with Gasteiger partial charge in [0.2, 0.25) is 0 Å². The van der Waals surface area contributed by atoms with Gasteiger partial charge in [-0.05, 0) is 17.7 Å². The average Bonchev–Trinajstić information content (AvgIpc) is 2.70. The Bertz CT molecular complexity index is 583. The summed E-state index contributed by atoms with van der Waals surface area (Å²) in [5.74, 6) is -0.923. The van der Waals surface area contributed by atoms with Gasteiger partial charge in [-0.15, -0.1) is 5.10 Å². The highest BCUT2D eigenvalue weighted by Crippen LogP contribution is 2.23. The van der Waals surface area contributed by atoms with Crippen molar-refractivity contribution < 1.29 is 9.90 Å². The van der Waals surface area contributed by atoms with Crippen LogP contribution in [0, 0.1) is 0 Å². The van der Waals surface area contributed by atoms with Crippen LogP contribution in [0.25, 0.3) is 0 Å². The number of nitrogens with zero attached hydrogens (tertiary/aromatic N) is 3. The van der Waals surface area contributed by atoms with E-state index in [4.69, 9.17) is 28.3 Å². The van der Waals surface area contributed by atoms with Crippen molar-refractivity contribution in [2.75, 3.05) is 0 Å². The highest BCUT2D eigenvalue weighted by molar-refractivity contribution is 6.42. The molecule has 7 heteroatoms. The van der Waals surface area contributed by atoms with Crippen molar-refractivity contribution in [2.24, 2.45) is 0 Å². The highest BCUT2D eigenvalue weighted by Gasteiger charge is 2.09. The van der Waals surface area contributed by atoms with Crippen LogP contribution in [0.4, 0.5) is 0 Å². The zero-order chi connectivity index (χ0) is 13.1. The topological polar surface area (TPSA) is 68.0 Å². The summed E-state index contributed by atoms with van der Waals surface area (Å²) in [6.45, 7) is 0.402. The molecule has 2 rings (SSSR count). The van der Waals surface area contributed by atoms with Gasteiger partial charge in [0.05, 0.1) is 34.9 Å². The minimum absolute atomic E-state index is 0.117. The Kier molecular flexibility index (Phi) is 3.84. The van der Waals surface area contributed by atoms with Crippen LogP contribution in [0.3, 0.4) is 0 Å². The molecule has 5 nitrogen and oxygen atoms in total. The lowest BCUT2D eigenvalue weighted by Crippen LogP contribution is -2.10. The average molecular weight is 286 g/mol. The van der Waals surface area contributed by atoms with Crippen molar-refractivity contribution in [3.8, 4) is 0 Å². The summed E-state index contributed by atoms with van der Waals surface area (Å²) in [6, 6.07) is 5.21. The third kappa shape index (κ3) is 3.00. The predicted molar refractivity (Wildman–Crippen MR) is 66.9 cm³/mol. The second-order valence-corrected chi connectivity index (χ2v) is 4.52. The van der Waals surface area contributed by atoms with Crippen LogP contribution in [0.2, 0.25) is 10.0 Å². The van der Waals surface area contributed by atoms with Gasteiger partial charge in [-0.1, -0.05) is 34.5 Å². The maximum absolute atomic E-state index is 10.7. The van der Waals surface area contributed by atoms with Crippen molar-refractivity contribution in [3.63, 3.8) is 0 Å². The Morgan fingerprint density at radius 3 is 2.78 bits per heavy atom. The van der Waals surface area contributed by atoms with Gasteiger partial charge >= 0.3 is 5.97 Å². The van der Waals surface area contributed by atoms with Gasteiger partial charge in [0.15, 0.2) is 0 Å². The summed E-state index contributed by atoms with van der Waals surface area (Å²) in [4.78, 5) is 10.7. The van der Waals surface area contributed by atoms with Crippen LogP contribution in [0.15, 0.2) is 24.4 Å². The number of hydrogen-bond donors (Lipinski definition) is 1. The number of carboxylic acid groups (broad SMARTS) is 1. The first-order valence-corrected chi connectivity index (χ1v) is 5.85. The molecule has 0 aliphatic heterocycles. The molecule has 0 saturated heterocycles. The minimum atomic E-state index is -0.923. The molecule has 0 radical (unpaired) electrons. The van der Waals surface area contributed by atoms with Crippen molar-refractivity contribution in [2.45, 2.75) is 13.0 Å². The molecule has 1 aromatic carbocycles. The fourth-order valence-electron chi connectivity index (χ4n) is 1.51. The molecule has 0 atom stereocenters. The lowest BCUT2D eigenvalue weighted by Gasteiger charge is -2.06. The van der Waals surface area contributed by atoms with E-state index in [2.05, 4.69) is 10.3 Å². The Balaban J connectivity index is 2.20. The maximum Gasteiger partial charge on any atom is 0.309 e. The minimum Gasteiger partial charge on any atom is -0.481 e. The molecule has 18 heavy (non-hydrogen) atoms. The Morgan fingerprint density at radius 2 is 2.11 bits per heavy atom. The fourth-order valence-corrected chi connectivity index (χ4v) is 1.84. The smallest absolute Gasteiger partial charge is 0.309 e. The van der Waals surface area contributed by atoms with E-state index in [1.165, 1.54) is 10.9 Å². The first-order chi connectivity index (χ1) is 8.56. The van der Waals surface area contributed by atoms with Gasteiger partial charge in [0, 0.05) is 0 Å². The summed E-state index contributed by atoms with van der Waals surface area (Å²) in [5, 5.41) is 17.2. The number of benzene rings is 1. The summed E-state index contributed by atoms with van der Waals surface area (Å²) in [7, 11) is 0. The number of aliphatic carboxylic acids is 1. The molecule has 94 valence electrons. The summed E-state index contributed by atoms with van der Waals surface area (Å²) < 4.78 is 1.52. The maximum atomic E-state index is 10.7.